The van der Waals surface area contributed by atoms with E-state index in [1.54, 1.807) is 6.07 Å². The molecule has 3 N–H and O–H groups in total. The third kappa shape index (κ3) is 4.44. The first-order valence-electron chi connectivity index (χ1n) is 6.29. The molecule has 0 aliphatic heterocycles. The van der Waals surface area contributed by atoms with Crippen LogP contribution < -0.4 is 5.32 Å². The maximum atomic E-state index is 11.5. The largest absolute Gasteiger partial charge is 0.478 e. The normalized spacial score (nSPS) is 11.4. The molecule has 0 aliphatic carbocycles. The molecular weight excluding hydrogens is 262 g/mol. The van der Waals surface area contributed by atoms with Crippen LogP contribution in [-0.2, 0) is 0 Å². The van der Waals surface area contributed by atoms with Gasteiger partial charge in [-0.1, -0.05) is 13.0 Å². The van der Waals surface area contributed by atoms with Gasteiger partial charge in [0.1, 0.15) is 0 Å². The number of hydrogen-bond donors (Lipinski definition) is 3. The summed E-state index contributed by atoms with van der Waals surface area (Å²) in [6.45, 7) is 5.93. The summed E-state index contributed by atoms with van der Waals surface area (Å²) in [4.78, 5) is 12.2. The van der Waals surface area contributed by atoms with Crippen molar-refractivity contribution in [2.45, 2.75) is 37.6 Å². The van der Waals surface area contributed by atoms with Crippen molar-refractivity contribution in [2.24, 2.45) is 0 Å². The standard InChI is InChI=1S/C14H21NO3S/c1-4-19-11-7-5-6-10(12(11)13(17)18)15-14(2,3)8-9-16/h5-7,15-16H,4,8-9H2,1-3H3,(H,17,18). The Labute approximate surface area is 118 Å². The summed E-state index contributed by atoms with van der Waals surface area (Å²) in [5, 5.41) is 21.6. The van der Waals surface area contributed by atoms with E-state index >= 15 is 0 Å². The molecular formula is C14H21NO3S. The molecule has 0 atom stereocenters. The van der Waals surface area contributed by atoms with Crippen molar-refractivity contribution in [2.75, 3.05) is 17.7 Å². The first kappa shape index (κ1) is 15.9. The van der Waals surface area contributed by atoms with E-state index in [2.05, 4.69) is 5.32 Å². The summed E-state index contributed by atoms with van der Waals surface area (Å²) in [5.74, 6) is -0.108. The summed E-state index contributed by atoms with van der Waals surface area (Å²) in [6, 6.07) is 5.44. The lowest BCUT2D eigenvalue weighted by atomic mass is 10.00. The quantitative estimate of drug-likeness (QED) is 0.671. The van der Waals surface area contributed by atoms with E-state index in [0.717, 1.165) is 10.6 Å². The number of anilines is 1. The molecule has 0 bridgehead atoms. The van der Waals surface area contributed by atoms with Crippen molar-refractivity contribution in [1.29, 1.82) is 0 Å². The van der Waals surface area contributed by atoms with Crippen LogP contribution in [0.3, 0.4) is 0 Å². The third-order valence-corrected chi connectivity index (χ3v) is 3.69. The number of rotatable bonds is 7. The molecule has 0 aromatic heterocycles. The van der Waals surface area contributed by atoms with E-state index in [1.165, 1.54) is 11.8 Å². The van der Waals surface area contributed by atoms with E-state index in [0.29, 0.717) is 17.7 Å². The fourth-order valence-electron chi connectivity index (χ4n) is 1.84. The highest BCUT2D eigenvalue weighted by molar-refractivity contribution is 7.99. The SMILES string of the molecule is CCSc1cccc(NC(C)(C)CCO)c1C(=O)O. The molecule has 1 aromatic carbocycles. The van der Waals surface area contributed by atoms with Gasteiger partial charge in [-0.25, -0.2) is 4.79 Å². The molecule has 4 nitrogen and oxygen atoms in total. The second kappa shape index (κ2) is 6.82. The van der Waals surface area contributed by atoms with E-state index in [4.69, 9.17) is 5.11 Å². The lowest BCUT2D eigenvalue weighted by Crippen LogP contribution is -2.32. The average Bonchev–Trinajstić information content (AvgIpc) is 2.28. The van der Waals surface area contributed by atoms with Crippen LogP contribution in [-0.4, -0.2) is 34.1 Å². The molecule has 5 heteroatoms. The number of carboxylic acids is 1. The second-order valence-electron chi connectivity index (χ2n) is 4.90. The minimum atomic E-state index is -0.932. The highest BCUT2D eigenvalue weighted by Gasteiger charge is 2.22. The van der Waals surface area contributed by atoms with Crippen molar-refractivity contribution >= 4 is 23.4 Å². The van der Waals surface area contributed by atoms with Crippen LogP contribution in [0.4, 0.5) is 5.69 Å². The van der Waals surface area contributed by atoms with Gasteiger partial charge < -0.3 is 15.5 Å². The Kier molecular flexibility index (Phi) is 5.69. The molecule has 0 unspecified atom stereocenters. The van der Waals surface area contributed by atoms with Crippen LogP contribution in [0.2, 0.25) is 0 Å². The number of carboxylic acid groups (broad SMARTS) is 1. The molecule has 19 heavy (non-hydrogen) atoms. The van der Waals surface area contributed by atoms with Crippen molar-refractivity contribution in [3.8, 4) is 0 Å². The Morgan fingerprint density at radius 1 is 1.42 bits per heavy atom. The number of carbonyl (C=O) groups is 1. The summed E-state index contributed by atoms with van der Waals surface area (Å²) in [7, 11) is 0. The highest BCUT2D eigenvalue weighted by Crippen LogP contribution is 2.30. The minimum absolute atomic E-state index is 0.0613. The maximum Gasteiger partial charge on any atom is 0.338 e. The Morgan fingerprint density at radius 3 is 2.63 bits per heavy atom. The molecule has 1 rings (SSSR count). The first-order chi connectivity index (χ1) is 8.91. The zero-order valence-corrected chi connectivity index (χ0v) is 12.4. The van der Waals surface area contributed by atoms with Crippen LogP contribution in [0.5, 0.6) is 0 Å². The van der Waals surface area contributed by atoms with Gasteiger partial charge in [0.2, 0.25) is 0 Å². The second-order valence-corrected chi connectivity index (χ2v) is 6.21. The molecule has 106 valence electrons. The van der Waals surface area contributed by atoms with Gasteiger partial charge in [-0.2, -0.15) is 0 Å². The Hall–Kier alpha value is -1.20. The zero-order valence-electron chi connectivity index (χ0n) is 11.6. The molecule has 1 aromatic rings. The fourth-order valence-corrected chi connectivity index (χ4v) is 2.67. The number of benzene rings is 1. The molecule has 0 heterocycles. The van der Waals surface area contributed by atoms with E-state index < -0.39 is 5.97 Å². The molecule has 0 saturated carbocycles. The van der Waals surface area contributed by atoms with Crippen molar-refractivity contribution in [1.82, 2.24) is 0 Å². The predicted octanol–water partition coefficient (Wildman–Crippen LogP) is 3.07. The Balaban J connectivity index is 3.13. The first-order valence-corrected chi connectivity index (χ1v) is 7.28. The topological polar surface area (TPSA) is 69.6 Å². The summed E-state index contributed by atoms with van der Waals surface area (Å²) >= 11 is 1.51. The molecule has 0 radical (unpaired) electrons. The van der Waals surface area contributed by atoms with Gasteiger partial charge in [-0.15, -0.1) is 11.8 Å². The number of thioether (sulfide) groups is 1. The van der Waals surface area contributed by atoms with Gasteiger partial charge >= 0.3 is 5.97 Å². The van der Waals surface area contributed by atoms with Gasteiger partial charge in [0.05, 0.1) is 11.3 Å². The van der Waals surface area contributed by atoms with Gasteiger partial charge in [-0.3, -0.25) is 0 Å². The lowest BCUT2D eigenvalue weighted by Gasteiger charge is -2.28. The number of aliphatic hydroxyl groups excluding tert-OH is 1. The molecule has 0 saturated heterocycles. The van der Waals surface area contributed by atoms with Crippen LogP contribution in [0, 0.1) is 0 Å². The lowest BCUT2D eigenvalue weighted by molar-refractivity contribution is 0.0694. The molecule has 0 fully saturated rings. The van der Waals surface area contributed by atoms with Crippen LogP contribution in [0.25, 0.3) is 0 Å². The maximum absolute atomic E-state index is 11.5. The van der Waals surface area contributed by atoms with E-state index in [-0.39, 0.29) is 12.1 Å². The molecule has 0 aliphatic rings. The average molecular weight is 283 g/mol. The fraction of sp³-hybridized carbons (Fsp3) is 0.500. The summed E-state index contributed by atoms with van der Waals surface area (Å²) in [6.07, 6.45) is 0.553. The van der Waals surface area contributed by atoms with Gasteiger partial charge in [0.15, 0.2) is 0 Å². The van der Waals surface area contributed by atoms with E-state index in [9.17, 15) is 9.90 Å². The van der Waals surface area contributed by atoms with Crippen molar-refractivity contribution in [3.05, 3.63) is 23.8 Å². The summed E-state index contributed by atoms with van der Waals surface area (Å²) < 4.78 is 0. The Morgan fingerprint density at radius 2 is 2.11 bits per heavy atom. The van der Waals surface area contributed by atoms with Crippen LogP contribution in [0.1, 0.15) is 37.6 Å². The number of aliphatic hydroxyl groups is 1. The smallest absolute Gasteiger partial charge is 0.338 e. The third-order valence-electron chi connectivity index (χ3n) is 2.75. The van der Waals surface area contributed by atoms with Crippen LogP contribution in [0.15, 0.2) is 23.1 Å². The van der Waals surface area contributed by atoms with Crippen molar-refractivity contribution < 1.29 is 15.0 Å². The number of hydrogen-bond acceptors (Lipinski definition) is 4. The van der Waals surface area contributed by atoms with Gasteiger partial charge in [-0.05, 0) is 38.2 Å². The number of aromatic carboxylic acids is 1. The van der Waals surface area contributed by atoms with Crippen molar-refractivity contribution in [3.63, 3.8) is 0 Å². The van der Waals surface area contributed by atoms with Crippen LogP contribution >= 0.6 is 11.8 Å². The van der Waals surface area contributed by atoms with Gasteiger partial charge in [0, 0.05) is 17.0 Å². The zero-order chi connectivity index (χ0) is 14.5. The summed E-state index contributed by atoms with van der Waals surface area (Å²) in [5.41, 5.74) is 0.554. The van der Waals surface area contributed by atoms with Gasteiger partial charge in [0.25, 0.3) is 0 Å². The number of nitrogens with one attached hydrogen (secondary N) is 1. The monoisotopic (exact) mass is 283 g/mol. The van der Waals surface area contributed by atoms with E-state index in [1.807, 2.05) is 32.9 Å². The minimum Gasteiger partial charge on any atom is -0.478 e. The predicted molar refractivity (Wildman–Crippen MR) is 79.2 cm³/mol. The molecule has 0 spiro atoms. The Bertz CT molecular complexity index is 446. The highest BCUT2D eigenvalue weighted by atomic mass is 32.2. The molecule has 0 amide bonds.